The minimum atomic E-state index is -4.28. The zero-order valence-electron chi connectivity index (χ0n) is 26.5. The van der Waals surface area contributed by atoms with Gasteiger partial charge in [0.15, 0.2) is 11.5 Å². The second-order valence-electron chi connectivity index (χ2n) is 10.8. The van der Waals surface area contributed by atoms with Gasteiger partial charge >= 0.3 is 0 Å². The Morgan fingerprint density at radius 2 is 1.50 bits per heavy atom. The molecule has 1 N–H and O–H groups in total. The summed E-state index contributed by atoms with van der Waals surface area (Å²) in [5.41, 5.74) is 2.00. The van der Waals surface area contributed by atoms with Crippen LogP contribution in [0.3, 0.4) is 0 Å². The van der Waals surface area contributed by atoms with E-state index in [1.165, 1.54) is 37.3 Å². The molecule has 11 heteroatoms. The number of rotatable bonds is 15. The van der Waals surface area contributed by atoms with Crippen molar-refractivity contribution in [3.63, 3.8) is 0 Å². The molecule has 0 aliphatic heterocycles. The number of amides is 2. The zero-order valence-corrected chi connectivity index (χ0v) is 27.3. The van der Waals surface area contributed by atoms with E-state index in [1.54, 1.807) is 43.5 Å². The average Bonchev–Trinajstić information content (AvgIpc) is 3.02. The van der Waals surface area contributed by atoms with E-state index in [0.29, 0.717) is 30.2 Å². The van der Waals surface area contributed by atoms with E-state index >= 15 is 0 Å². The van der Waals surface area contributed by atoms with Crippen LogP contribution in [0.1, 0.15) is 38.3 Å². The minimum Gasteiger partial charge on any atom is -0.497 e. The van der Waals surface area contributed by atoms with Crippen LogP contribution in [-0.4, -0.2) is 65.6 Å². The van der Waals surface area contributed by atoms with Crippen molar-refractivity contribution in [3.8, 4) is 17.2 Å². The van der Waals surface area contributed by atoms with E-state index in [9.17, 15) is 18.0 Å². The SMILES string of the molecule is CCC(C(=O)NCC(C)C)N(Cc1ccc(OC)cc1)C(=O)CN(c1ccc(C)cc1)S(=O)(=O)c1ccc(OC)c(OC)c1. The quantitative estimate of drug-likeness (QED) is 0.258. The standard InChI is InChI=1S/C33H43N3O7S/c1-8-29(33(38)34-20-23(2)3)35(21-25-11-15-27(41-5)16-12-25)32(37)22-36(26-13-9-24(4)10-14-26)44(39,40)28-17-18-30(42-6)31(19-28)43-7/h9-19,23,29H,8,20-22H2,1-7H3,(H,34,38). The summed E-state index contributed by atoms with van der Waals surface area (Å²) < 4.78 is 45.3. The molecule has 0 aromatic heterocycles. The van der Waals surface area contributed by atoms with E-state index in [0.717, 1.165) is 15.4 Å². The van der Waals surface area contributed by atoms with E-state index in [4.69, 9.17) is 14.2 Å². The smallest absolute Gasteiger partial charge is 0.264 e. The molecule has 1 atom stereocenters. The van der Waals surface area contributed by atoms with Crippen LogP contribution in [-0.2, 0) is 26.2 Å². The lowest BCUT2D eigenvalue weighted by Crippen LogP contribution is -2.52. The molecule has 0 fully saturated rings. The molecule has 2 amide bonds. The molecule has 0 spiro atoms. The third kappa shape index (κ3) is 8.43. The lowest BCUT2D eigenvalue weighted by molar-refractivity contribution is -0.140. The predicted octanol–water partition coefficient (Wildman–Crippen LogP) is 4.80. The van der Waals surface area contributed by atoms with Crippen molar-refractivity contribution in [3.05, 3.63) is 77.9 Å². The number of nitrogens with zero attached hydrogens (tertiary/aromatic N) is 2. The average molecular weight is 626 g/mol. The van der Waals surface area contributed by atoms with Gasteiger partial charge in [-0.15, -0.1) is 0 Å². The molecule has 0 saturated heterocycles. The molecule has 3 aromatic rings. The molecular formula is C33H43N3O7S. The topological polar surface area (TPSA) is 114 Å². The Kier molecular flexibility index (Phi) is 12.0. The molecule has 0 aliphatic rings. The van der Waals surface area contributed by atoms with Gasteiger partial charge < -0.3 is 24.4 Å². The van der Waals surface area contributed by atoms with Gasteiger partial charge in [0.05, 0.1) is 31.9 Å². The van der Waals surface area contributed by atoms with Crippen molar-refractivity contribution >= 4 is 27.5 Å². The first-order valence-electron chi connectivity index (χ1n) is 14.5. The third-order valence-electron chi connectivity index (χ3n) is 7.13. The minimum absolute atomic E-state index is 0.0769. The molecule has 0 bridgehead atoms. The fourth-order valence-electron chi connectivity index (χ4n) is 4.61. The number of carbonyl (C=O) groups excluding carboxylic acids is 2. The second-order valence-corrected chi connectivity index (χ2v) is 12.7. The molecule has 3 aromatic carbocycles. The van der Waals surface area contributed by atoms with Crippen LogP contribution in [0, 0.1) is 12.8 Å². The number of sulfonamides is 1. The van der Waals surface area contributed by atoms with Crippen LogP contribution in [0.5, 0.6) is 17.2 Å². The first-order chi connectivity index (χ1) is 20.9. The van der Waals surface area contributed by atoms with Crippen molar-refractivity contribution in [2.45, 2.75) is 51.6 Å². The monoisotopic (exact) mass is 625 g/mol. The van der Waals surface area contributed by atoms with E-state index < -0.39 is 28.5 Å². The van der Waals surface area contributed by atoms with Crippen molar-refractivity contribution in [1.82, 2.24) is 10.2 Å². The van der Waals surface area contributed by atoms with Crippen molar-refractivity contribution in [2.24, 2.45) is 5.92 Å². The number of anilines is 1. The number of nitrogens with one attached hydrogen (secondary N) is 1. The molecule has 0 heterocycles. The van der Waals surface area contributed by atoms with Crippen molar-refractivity contribution < 1.29 is 32.2 Å². The van der Waals surface area contributed by atoms with Crippen molar-refractivity contribution in [1.29, 1.82) is 0 Å². The summed E-state index contributed by atoms with van der Waals surface area (Å²) in [4.78, 5) is 29.0. The highest BCUT2D eigenvalue weighted by Gasteiger charge is 2.34. The number of hydrogen-bond acceptors (Lipinski definition) is 7. The summed E-state index contributed by atoms with van der Waals surface area (Å²) in [5, 5.41) is 2.93. The number of hydrogen-bond donors (Lipinski definition) is 1. The molecule has 3 rings (SSSR count). The lowest BCUT2D eigenvalue weighted by atomic mass is 10.1. The van der Waals surface area contributed by atoms with Crippen LogP contribution in [0.2, 0.25) is 0 Å². The Labute approximate surface area is 261 Å². The Hall–Kier alpha value is -4.25. The van der Waals surface area contributed by atoms with Gasteiger partial charge in [-0.3, -0.25) is 13.9 Å². The largest absolute Gasteiger partial charge is 0.497 e. The number of aryl methyl sites for hydroxylation is 1. The van der Waals surface area contributed by atoms with Gasteiger partial charge in [-0.25, -0.2) is 8.42 Å². The maximum absolute atomic E-state index is 14.2. The van der Waals surface area contributed by atoms with Gasteiger partial charge in [0.1, 0.15) is 18.3 Å². The molecular weight excluding hydrogens is 582 g/mol. The lowest BCUT2D eigenvalue weighted by Gasteiger charge is -2.33. The predicted molar refractivity (Wildman–Crippen MR) is 171 cm³/mol. The molecule has 44 heavy (non-hydrogen) atoms. The summed E-state index contributed by atoms with van der Waals surface area (Å²) in [6.45, 7) is 7.69. The number of ether oxygens (including phenoxy) is 3. The zero-order chi connectivity index (χ0) is 32.4. The molecule has 10 nitrogen and oxygen atoms in total. The van der Waals surface area contributed by atoms with Crippen LogP contribution in [0.4, 0.5) is 5.69 Å². The molecule has 0 saturated carbocycles. The highest BCUT2D eigenvalue weighted by molar-refractivity contribution is 7.92. The maximum atomic E-state index is 14.2. The van der Waals surface area contributed by atoms with Gasteiger partial charge in [-0.2, -0.15) is 0 Å². The third-order valence-corrected chi connectivity index (χ3v) is 8.90. The van der Waals surface area contributed by atoms with Gasteiger partial charge in [0.25, 0.3) is 10.0 Å². The van der Waals surface area contributed by atoms with Crippen LogP contribution in [0.15, 0.2) is 71.6 Å². The van der Waals surface area contributed by atoms with Gasteiger partial charge in [-0.1, -0.05) is 50.6 Å². The van der Waals surface area contributed by atoms with Gasteiger partial charge in [0, 0.05) is 19.2 Å². The fourth-order valence-corrected chi connectivity index (χ4v) is 6.04. The summed E-state index contributed by atoms with van der Waals surface area (Å²) in [5.74, 6) is 0.640. The Morgan fingerprint density at radius 1 is 0.864 bits per heavy atom. The second kappa shape index (κ2) is 15.5. The van der Waals surface area contributed by atoms with Gasteiger partial charge in [-0.05, 0) is 61.2 Å². The fraction of sp³-hybridized carbons (Fsp3) is 0.394. The van der Waals surface area contributed by atoms with Gasteiger partial charge in [0.2, 0.25) is 11.8 Å². The Balaban J connectivity index is 2.08. The van der Waals surface area contributed by atoms with E-state index in [1.807, 2.05) is 39.8 Å². The van der Waals surface area contributed by atoms with Crippen LogP contribution in [0.25, 0.3) is 0 Å². The van der Waals surface area contributed by atoms with Crippen LogP contribution < -0.4 is 23.8 Å². The first kappa shape index (κ1) is 34.2. The summed E-state index contributed by atoms with van der Waals surface area (Å²) in [6, 6.07) is 17.5. The van der Waals surface area contributed by atoms with E-state index in [-0.39, 0.29) is 29.0 Å². The number of benzene rings is 3. The van der Waals surface area contributed by atoms with Crippen molar-refractivity contribution in [2.75, 3.05) is 38.7 Å². The molecule has 1 unspecified atom stereocenters. The molecule has 0 aliphatic carbocycles. The Morgan fingerprint density at radius 3 is 2.05 bits per heavy atom. The number of methoxy groups -OCH3 is 3. The normalized spacial score (nSPS) is 11.9. The van der Waals surface area contributed by atoms with Crippen LogP contribution >= 0.6 is 0 Å². The Bertz CT molecular complexity index is 1510. The summed E-state index contributed by atoms with van der Waals surface area (Å²) in [6.07, 6.45) is 0.332. The summed E-state index contributed by atoms with van der Waals surface area (Å²) in [7, 11) is 0.168. The highest BCUT2D eigenvalue weighted by atomic mass is 32.2. The first-order valence-corrected chi connectivity index (χ1v) is 15.9. The van der Waals surface area contributed by atoms with E-state index in [2.05, 4.69) is 5.32 Å². The highest BCUT2D eigenvalue weighted by Crippen LogP contribution is 2.32. The summed E-state index contributed by atoms with van der Waals surface area (Å²) >= 11 is 0. The maximum Gasteiger partial charge on any atom is 0.264 e. The molecule has 0 radical (unpaired) electrons. The number of carbonyl (C=O) groups is 2. The molecule has 238 valence electrons.